The molecule has 0 spiro atoms. The summed E-state index contributed by atoms with van der Waals surface area (Å²) in [6.07, 6.45) is 4.70. The number of nitrogens with zero attached hydrogens (tertiary/aromatic N) is 4. The number of rotatable bonds is 5. The van der Waals surface area contributed by atoms with E-state index in [1.54, 1.807) is 12.3 Å². The van der Waals surface area contributed by atoms with Gasteiger partial charge in [0.1, 0.15) is 5.76 Å². The summed E-state index contributed by atoms with van der Waals surface area (Å²) in [4.78, 5) is 11.8. The Morgan fingerprint density at radius 1 is 1.30 bits per heavy atom. The molecule has 3 aromatic rings. The summed E-state index contributed by atoms with van der Waals surface area (Å²) in [5.74, 6) is -0.736. The van der Waals surface area contributed by atoms with Crippen molar-refractivity contribution >= 4 is 11.5 Å². The predicted molar refractivity (Wildman–Crippen MR) is 83.8 cm³/mol. The number of aliphatic hydroxyl groups is 1. The van der Waals surface area contributed by atoms with Gasteiger partial charge in [0, 0.05) is 30.6 Å². The van der Waals surface area contributed by atoms with E-state index < -0.39 is 5.78 Å². The molecular weight excluding hydrogens is 294 g/mol. The zero-order valence-corrected chi connectivity index (χ0v) is 12.5. The van der Waals surface area contributed by atoms with Crippen LogP contribution in [0.25, 0.3) is 5.76 Å². The minimum atomic E-state index is -0.512. The van der Waals surface area contributed by atoms with E-state index >= 15 is 0 Å². The standard InChI is InChI=1S/C16H15N5O2/c1-11-2-4-12(5-3-11)9-21-7-6-13(10-21)14(22)8-15(23)16-17-19-20-18-16/h2-8,10,22H,9H2,1H3,(H,17,18,19,20). The molecule has 0 fully saturated rings. The quantitative estimate of drug-likeness (QED) is 0.427. The minimum Gasteiger partial charge on any atom is -0.507 e. The SMILES string of the molecule is Cc1ccc(Cn2ccc(C(O)=CC(=O)c3nn[nH]n3)c2)cc1. The Labute approximate surface area is 132 Å². The van der Waals surface area contributed by atoms with Crippen LogP contribution in [0.15, 0.2) is 48.8 Å². The topological polar surface area (TPSA) is 96.7 Å². The van der Waals surface area contributed by atoms with Gasteiger partial charge in [-0.05, 0) is 23.8 Å². The maximum absolute atomic E-state index is 11.8. The van der Waals surface area contributed by atoms with E-state index in [0.717, 1.165) is 11.6 Å². The van der Waals surface area contributed by atoms with Gasteiger partial charge in [0.15, 0.2) is 0 Å². The van der Waals surface area contributed by atoms with Crippen LogP contribution in [0.4, 0.5) is 0 Å². The molecule has 0 saturated heterocycles. The van der Waals surface area contributed by atoms with Crippen LogP contribution in [-0.4, -0.2) is 36.1 Å². The van der Waals surface area contributed by atoms with Crippen molar-refractivity contribution in [1.29, 1.82) is 0 Å². The Balaban J connectivity index is 1.73. The first-order valence-electron chi connectivity index (χ1n) is 7.02. The van der Waals surface area contributed by atoms with Gasteiger partial charge in [0.05, 0.1) is 0 Å². The number of allylic oxidation sites excluding steroid dienone is 1. The second-order valence-electron chi connectivity index (χ2n) is 5.19. The summed E-state index contributed by atoms with van der Waals surface area (Å²) < 4.78 is 1.93. The fourth-order valence-corrected chi connectivity index (χ4v) is 2.13. The average Bonchev–Trinajstić information content (AvgIpc) is 3.21. The highest BCUT2D eigenvalue weighted by atomic mass is 16.3. The summed E-state index contributed by atoms with van der Waals surface area (Å²) in [7, 11) is 0. The fraction of sp³-hybridized carbons (Fsp3) is 0.125. The number of ketones is 1. The molecule has 0 unspecified atom stereocenters. The van der Waals surface area contributed by atoms with Gasteiger partial charge >= 0.3 is 0 Å². The van der Waals surface area contributed by atoms with Crippen LogP contribution in [0, 0.1) is 6.92 Å². The first kappa shape index (κ1) is 14.7. The molecule has 0 amide bonds. The Morgan fingerprint density at radius 2 is 2.09 bits per heavy atom. The van der Waals surface area contributed by atoms with Crippen molar-refractivity contribution in [2.24, 2.45) is 0 Å². The van der Waals surface area contributed by atoms with Crippen LogP contribution < -0.4 is 0 Å². The maximum Gasteiger partial charge on any atom is 0.244 e. The largest absolute Gasteiger partial charge is 0.507 e. The molecule has 0 bridgehead atoms. The lowest BCUT2D eigenvalue weighted by molar-refractivity contribution is 0.103. The molecule has 0 radical (unpaired) electrons. The lowest BCUT2D eigenvalue weighted by atomic mass is 10.1. The second-order valence-corrected chi connectivity index (χ2v) is 5.19. The number of tetrazole rings is 1. The summed E-state index contributed by atoms with van der Waals surface area (Å²) in [6, 6.07) is 9.97. The first-order valence-corrected chi connectivity index (χ1v) is 7.02. The molecule has 0 aliphatic carbocycles. The molecule has 0 aliphatic heterocycles. The number of benzene rings is 1. The fourth-order valence-electron chi connectivity index (χ4n) is 2.13. The molecule has 7 heteroatoms. The Hall–Kier alpha value is -3.22. The normalized spacial score (nSPS) is 11.6. The molecule has 3 rings (SSSR count). The van der Waals surface area contributed by atoms with Crippen LogP contribution in [0.2, 0.25) is 0 Å². The minimum absolute atomic E-state index is 0.0874. The molecule has 0 aliphatic rings. The highest BCUT2D eigenvalue weighted by Gasteiger charge is 2.11. The predicted octanol–water partition coefficient (Wildman–Crippen LogP) is 2.14. The number of H-pyrrole nitrogens is 1. The number of hydrogen-bond acceptors (Lipinski definition) is 5. The first-order chi connectivity index (χ1) is 11.1. The lowest BCUT2D eigenvalue weighted by Crippen LogP contribution is -1.99. The van der Waals surface area contributed by atoms with E-state index in [0.29, 0.717) is 12.1 Å². The molecule has 2 heterocycles. The van der Waals surface area contributed by atoms with Crippen molar-refractivity contribution in [2.75, 3.05) is 0 Å². The van der Waals surface area contributed by atoms with Gasteiger partial charge in [-0.2, -0.15) is 5.21 Å². The van der Waals surface area contributed by atoms with E-state index in [2.05, 4.69) is 44.9 Å². The number of aryl methyl sites for hydroxylation is 1. The smallest absolute Gasteiger partial charge is 0.244 e. The van der Waals surface area contributed by atoms with Gasteiger partial charge in [0.2, 0.25) is 11.6 Å². The maximum atomic E-state index is 11.8. The summed E-state index contributed by atoms with van der Waals surface area (Å²) >= 11 is 0. The Bertz CT molecular complexity index is 832. The van der Waals surface area contributed by atoms with Crippen LogP contribution in [0.1, 0.15) is 27.3 Å². The zero-order valence-electron chi connectivity index (χ0n) is 12.5. The summed E-state index contributed by atoms with van der Waals surface area (Å²) in [5.41, 5.74) is 2.92. The Kier molecular flexibility index (Phi) is 4.01. The Morgan fingerprint density at radius 3 is 2.78 bits per heavy atom. The van der Waals surface area contributed by atoms with E-state index in [1.165, 1.54) is 5.56 Å². The van der Waals surface area contributed by atoms with Gasteiger partial charge in [-0.15, -0.1) is 10.2 Å². The molecule has 1 aromatic carbocycles. The third-order valence-corrected chi connectivity index (χ3v) is 3.37. The zero-order chi connectivity index (χ0) is 16.2. The second kappa shape index (κ2) is 6.27. The number of nitrogens with one attached hydrogen (secondary N) is 1. The van der Waals surface area contributed by atoms with E-state index in [-0.39, 0.29) is 11.6 Å². The molecule has 7 nitrogen and oxygen atoms in total. The van der Waals surface area contributed by atoms with Crippen LogP contribution in [-0.2, 0) is 6.54 Å². The third kappa shape index (κ3) is 3.52. The van der Waals surface area contributed by atoms with Crippen LogP contribution >= 0.6 is 0 Å². The molecule has 0 saturated carbocycles. The molecular formula is C16H15N5O2. The molecule has 116 valence electrons. The van der Waals surface area contributed by atoms with Crippen molar-refractivity contribution in [3.8, 4) is 0 Å². The summed E-state index contributed by atoms with van der Waals surface area (Å²) in [6.45, 7) is 2.73. The van der Waals surface area contributed by atoms with Gasteiger partial charge in [0.25, 0.3) is 0 Å². The van der Waals surface area contributed by atoms with Crippen molar-refractivity contribution in [3.63, 3.8) is 0 Å². The lowest BCUT2D eigenvalue weighted by Gasteiger charge is -2.03. The molecule has 2 aromatic heterocycles. The average molecular weight is 309 g/mol. The number of aliphatic hydroxyl groups excluding tert-OH is 1. The molecule has 2 N–H and O–H groups in total. The van der Waals surface area contributed by atoms with Crippen molar-refractivity contribution in [3.05, 3.63) is 71.3 Å². The van der Waals surface area contributed by atoms with E-state index in [1.807, 2.05) is 17.7 Å². The third-order valence-electron chi connectivity index (χ3n) is 3.37. The number of carbonyl (C=O) groups is 1. The molecule has 0 atom stereocenters. The van der Waals surface area contributed by atoms with Crippen molar-refractivity contribution in [2.45, 2.75) is 13.5 Å². The summed E-state index contributed by atoms with van der Waals surface area (Å²) in [5, 5.41) is 22.7. The van der Waals surface area contributed by atoms with Gasteiger partial charge in [-0.3, -0.25) is 4.79 Å². The van der Waals surface area contributed by atoms with Crippen LogP contribution in [0.5, 0.6) is 0 Å². The van der Waals surface area contributed by atoms with Gasteiger partial charge in [-0.1, -0.05) is 29.8 Å². The van der Waals surface area contributed by atoms with E-state index in [9.17, 15) is 9.90 Å². The monoisotopic (exact) mass is 309 g/mol. The van der Waals surface area contributed by atoms with Gasteiger partial charge in [-0.25, -0.2) is 0 Å². The number of aromatic nitrogens is 5. The number of hydrogen-bond donors (Lipinski definition) is 2. The highest BCUT2D eigenvalue weighted by Crippen LogP contribution is 2.14. The van der Waals surface area contributed by atoms with Crippen LogP contribution in [0.3, 0.4) is 0 Å². The van der Waals surface area contributed by atoms with Gasteiger partial charge < -0.3 is 9.67 Å². The molecule has 23 heavy (non-hydrogen) atoms. The van der Waals surface area contributed by atoms with E-state index in [4.69, 9.17) is 0 Å². The van der Waals surface area contributed by atoms with Crippen molar-refractivity contribution < 1.29 is 9.90 Å². The number of aromatic amines is 1. The van der Waals surface area contributed by atoms with Crippen molar-refractivity contribution in [1.82, 2.24) is 25.2 Å². The number of carbonyl (C=O) groups excluding carboxylic acids is 1. The highest BCUT2D eigenvalue weighted by molar-refractivity contribution is 6.05.